The van der Waals surface area contributed by atoms with Crippen LogP contribution in [0, 0.1) is 0 Å². The number of carbonyl (C=O) groups is 1. The van der Waals surface area contributed by atoms with E-state index in [2.05, 4.69) is 10.5 Å². The maximum absolute atomic E-state index is 11.2. The van der Waals surface area contributed by atoms with Gasteiger partial charge in [-0.05, 0) is 42.5 Å². The van der Waals surface area contributed by atoms with E-state index in [1.54, 1.807) is 36.4 Å². The summed E-state index contributed by atoms with van der Waals surface area (Å²) < 4.78 is 5.67. The standard InChI is InChI=1S/C19H13Cl3N2O3/c20-15-2-1-3-16(21)14(15)10-24-23-9-12-5-7-18(27-12)11-4-6-17(22)13(8-11)19(25)26/h1-9,24H,10H2,(H,25,26)/b23-9-. The Hall–Kier alpha value is -2.47. The van der Waals surface area contributed by atoms with Crippen LogP contribution in [0.2, 0.25) is 15.1 Å². The van der Waals surface area contributed by atoms with Gasteiger partial charge in [0, 0.05) is 21.2 Å². The highest BCUT2D eigenvalue weighted by Crippen LogP contribution is 2.27. The smallest absolute Gasteiger partial charge is 0.337 e. The van der Waals surface area contributed by atoms with Crippen molar-refractivity contribution in [3.8, 4) is 11.3 Å². The first-order chi connectivity index (χ1) is 13.0. The number of nitrogens with zero attached hydrogens (tertiary/aromatic N) is 1. The normalized spacial score (nSPS) is 11.1. The van der Waals surface area contributed by atoms with Crippen molar-refractivity contribution in [2.75, 3.05) is 0 Å². The number of nitrogens with one attached hydrogen (secondary N) is 1. The quantitative estimate of drug-likeness (QED) is 0.392. The Balaban J connectivity index is 1.68. The summed E-state index contributed by atoms with van der Waals surface area (Å²) in [6, 6.07) is 13.4. The number of aromatic carboxylic acids is 1. The largest absolute Gasteiger partial charge is 0.478 e. The molecule has 0 spiro atoms. The van der Waals surface area contributed by atoms with Gasteiger partial charge in [-0.15, -0.1) is 0 Å². The second kappa shape index (κ2) is 8.48. The molecule has 2 aromatic carbocycles. The van der Waals surface area contributed by atoms with Gasteiger partial charge >= 0.3 is 5.97 Å². The van der Waals surface area contributed by atoms with E-state index in [1.165, 1.54) is 18.3 Å². The summed E-state index contributed by atoms with van der Waals surface area (Å²) in [7, 11) is 0. The van der Waals surface area contributed by atoms with E-state index in [-0.39, 0.29) is 10.6 Å². The molecule has 8 heteroatoms. The molecule has 0 radical (unpaired) electrons. The molecule has 0 aliphatic heterocycles. The third kappa shape index (κ3) is 4.63. The average Bonchev–Trinajstić information content (AvgIpc) is 3.09. The number of hydrogen-bond donors (Lipinski definition) is 2. The van der Waals surface area contributed by atoms with Gasteiger partial charge < -0.3 is 14.9 Å². The van der Waals surface area contributed by atoms with Crippen LogP contribution in [0.15, 0.2) is 58.0 Å². The molecule has 27 heavy (non-hydrogen) atoms. The van der Waals surface area contributed by atoms with E-state index in [0.29, 0.717) is 33.7 Å². The molecule has 1 aromatic heterocycles. The number of rotatable bonds is 6. The third-order valence-electron chi connectivity index (χ3n) is 3.71. The van der Waals surface area contributed by atoms with Gasteiger partial charge in [-0.1, -0.05) is 40.9 Å². The Morgan fingerprint density at radius 1 is 1.07 bits per heavy atom. The topological polar surface area (TPSA) is 74.8 Å². The van der Waals surface area contributed by atoms with Crippen LogP contribution >= 0.6 is 34.8 Å². The van der Waals surface area contributed by atoms with Gasteiger partial charge in [0.2, 0.25) is 0 Å². The van der Waals surface area contributed by atoms with Crippen molar-refractivity contribution in [2.24, 2.45) is 5.10 Å². The average molecular weight is 424 g/mol. The Labute approximate surface area is 170 Å². The second-order valence-electron chi connectivity index (χ2n) is 5.50. The van der Waals surface area contributed by atoms with Crippen LogP contribution in [-0.4, -0.2) is 17.3 Å². The first-order valence-corrected chi connectivity index (χ1v) is 8.91. The lowest BCUT2D eigenvalue weighted by atomic mass is 10.1. The highest BCUT2D eigenvalue weighted by Gasteiger charge is 2.12. The fourth-order valence-electron chi connectivity index (χ4n) is 2.35. The number of hydrazone groups is 1. The summed E-state index contributed by atoms with van der Waals surface area (Å²) >= 11 is 18.1. The van der Waals surface area contributed by atoms with Gasteiger partial charge in [0.15, 0.2) is 0 Å². The van der Waals surface area contributed by atoms with E-state index in [1.807, 2.05) is 0 Å². The summed E-state index contributed by atoms with van der Waals surface area (Å²) in [5, 5.41) is 14.5. The SMILES string of the molecule is O=C(O)c1cc(-c2ccc(/C=N\NCc3c(Cl)cccc3Cl)o2)ccc1Cl. The lowest BCUT2D eigenvalue weighted by Gasteiger charge is -2.05. The minimum atomic E-state index is -1.10. The third-order valence-corrected chi connectivity index (χ3v) is 4.75. The van der Waals surface area contributed by atoms with Crippen molar-refractivity contribution in [1.29, 1.82) is 0 Å². The monoisotopic (exact) mass is 422 g/mol. The van der Waals surface area contributed by atoms with E-state index in [0.717, 1.165) is 5.56 Å². The molecule has 3 aromatic rings. The van der Waals surface area contributed by atoms with Crippen LogP contribution in [0.1, 0.15) is 21.7 Å². The zero-order chi connectivity index (χ0) is 19.4. The van der Waals surface area contributed by atoms with Crippen molar-refractivity contribution >= 4 is 47.0 Å². The number of benzene rings is 2. The highest BCUT2D eigenvalue weighted by atomic mass is 35.5. The van der Waals surface area contributed by atoms with Crippen LogP contribution in [0.5, 0.6) is 0 Å². The molecule has 5 nitrogen and oxygen atoms in total. The highest BCUT2D eigenvalue weighted by molar-refractivity contribution is 6.36. The molecule has 0 fully saturated rings. The van der Waals surface area contributed by atoms with E-state index in [4.69, 9.17) is 44.3 Å². The van der Waals surface area contributed by atoms with E-state index >= 15 is 0 Å². The second-order valence-corrected chi connectivity index (χ2v) is 6.72. The van der Waals surface area contributed by atoms with Gasteiger partial charge in [0.25, 0.3) is 0 Å². The van der Waals surface area contributed by atoms with Crippen molar-refractivity contribution in [3.05, 3.63) is 80.5 Å². The fourth-order valence-corrected chi connectivity index (χ4v) is 3.08. The molecule has 0 saturated heterocycles. The predicted octanol–water partition coefficient (Wildman–Crippen LogP) is 5.73. The fraction of sp³-hybridized carbons (Fsp3) is 0.0526. The zero-order valence-corrected chi connectivity index (χ0v) is 16.0. The Kier molecular flexibility index (Phi) is 6.06. The van der Waals surface area contributed by atoms with Crippen LogP contribution in [0.25, 0.3) is 11.3 Å². The first kappa shape index (κ1) is 19.3. The van der Waals surface area contributed by atoms with Crippen LogP contribution in [0.3, 0.4) is 0 Å². The summed E-state index contributed by atoms with van der Waals surface area (Å²) in [5.41, 5.74) is 4.23. The number of hydrogen-bond acceptors (Lipinski definition) is 4. The molecular formula is C19H13Cl3N2O3. The molecular weight excluding hydrogens is 411 g/mol. The molecule has 0 atom stereocenters. The molecule has 138 valence electrons. The van der Waals surface area contributed by atoms with E-state index < -0.39 is 5.97 Å². The van der Waals surface area contributed by atoms with Crippen LogP contribution in [-0.2, 0) is 6.54 Å². The number of furan rings is 1. The van der Waals surface area contributed by atoms with Crippen molar-refractivity contribution < 1.29 is 14.3 Å². The van der Waals surface area contributed by atoms with Gasteiger partial charge in [0.1, 0.15) is 11.5 Å². The molecule has 2 N–H and O–H groups in total. The maximum atomic E-state index is 11.2. The molecule has 0 unspecified atom stereocenters. The van der Waals surface area contributed by atoms with Crippen LogP contribution < -0.4 is 5.43 Å². The molecule has 0 aliphatic carbocycles. The van der Waals surface area contributed by atoms with Crippen molar-refractivity contribution in [2.45, 2.75) is 6.54 Å². The minimum Gasteiger partial charge on any atom is -0.478 e. The Morgan fingerprint density at radius 2 is 1.81 bits per heavy atom. The molecule has 3 rings (SSSR count). The number of halogens is 3. The van der Waals surface area contributed by atoms with Gasteiger partial charge in [0.05, 0.1) is 23.3 Å². The Morgan fingerprint density at radius 3 is 2.52 bits per heavy atom. The molecule has 1 heterocycles. The Bertz CT molecular complexity index is 995. The molecule has 0 saturated carbocycles. The summed E-state index contributed by atoms with van der Waals surface area (Å²) in [5.74, 6) is -0.100. The molecule has 0 amide bonds. The van der Waals surface area contributed by atoms with Gasteiger partial charge in [-0.2, -0.15) is 5.10 Å². The molecule has 0 aliphatic rings. The van der Waals surface area contributed by atoms with E-state index in [9.17, 15) is 4.79 Å². The summed E-state index contributed by atoms with van der Waals surface area (Å²) in [6.45, 7) is 0.363. The lowest BCUT2D eigenvalue weighted by molar-refractivity contribution is 0.0697. The number of carboxylic acid groups (broad SMARTS) is 1. The predicted molar refractivity (Wildman–Crippen MR) is 107 cm³/mol. The van der Waals surface area contributed by atoms with Crippen molar-refractivity contribution in [3.63, 3.8) is 0 Å². The van der Waals surface area contributed by atoms with Gasteiger partial charge in [-0.25, -0.2) is 4.79 Å². The summed E-state index contributed by atoms with van der Waals surface area (Å²) in [4.78, 5) is 11.2. The number of carboxylic acids is 1. The lowest BCUT2D eigenvalue weighted by Crippen LogP contribution is -2.06. The minimum absolute atomic E-state index is 0.0130. The van der Waals surface area contributed by atoms with Crippen molar-refractivity contribution in [1.82, 2.24) is 5.43 Å². The zero-order valence-electron chi connectivity index (χ0n) is 13.7. The summed E-state index contributed by atoms with van der Waals surface area (Å²) in [6.07, 6.45) is 1.50. The molecule has 0 bridgehead atoms. The first-order valence-electron chi connectivity index (χ1n) is 7.77. The van der Waals surface area contributed by atoms with Crippen LogP contribution in [0.4, 0.5) is 0 Å². The van der Waals surface area contributed by atoms with Gasteiger partial charge in [-0.3, -0.25) is 0 Å². The maximum Gasteiger partial charge on any atom is 0.337 e.